The fourth-order valence-electron chi connectivity index (χ4n) is 1.81. The van der Waals surface area contributed by atoms with Gasteiger partial charge in [-0.05, 0) is 18.2 Å². The molecular weight excluding hydrogens is 508 g/mol. The number of nitrogens with one attached hydrogen (secondary N) is 1. The van der Waals surface area contributed by atoms with Crippen molar-refractivity contribution in [2.75, 3.05) is 30.3 Å². The van der Waals surface area contributed by atoms with Gasteiger partial charge in [-0.25, -0.2) is 15.8 Å². The second kappa shape index (κ2) is 8.95. The fraction of sp³-hybridized carbons (Fsp3) is 0.385. The first-order valence-electron chi connectivity index (χ1n) is 6.04. The largest absolute Gasteiger partial charge is 0.674 e. The number of hydrogen-bond acceptors (Lipinski definition) is 3. The normalized spacial score (nSPS) is 17.1. The summed E-state index contributed by atoms with van der Waals surface area (Å²) in [7, 11) is 0. The number of thioether (sulfide) groups is 1. The molecule has 0 aromatic heterocycles. The molecule has 1 radical (unpaired) electrons. The van der Waals surface area contributed by atoms with E-state index in [4.69, 9.17) is 17.0 Å². The summed E-state index contributed by atoms with van der Waals surface area (Å²) in [5.74, 6) is 0.117. The van der Waals surface area contributed by atoms with Crippen LogP contribution in [0.3, 0.4) is 0 Å². The first kappa shape index (κ1) is 18.7. The molecular formula is C13H13AcFN3O2S-. The molecule has 1 aromatic rings. The van der Waals surface area contributed by atoms with Crippen molar-refractivity contribution in [3.8, 4) is 0 Å². The summed E-state index contributed by atoms with van der Waals surface area (Å²) in [6, 6.07) is 4.53. The number of carbonyl (C=O) groups excluding carboxylic acids is 1. The van der Waals surface area contributed by atoms with Gasteiger partial charge in [-0.3, -0.25) is 4.90 Å². The van der Waals surface area contributed by atoms with Crippen LogP contribution in [0, 0.1) is 56.5 Å². The molecule has 21 heavy (non-hydrogen) atoms. The van der Waals surface area contributed by atoms with Gasteiger partial charge in [0, 0.05) is 49.0 Å². The average Bonchev–Trinajstić information content (AvgIpc) is 2.82. The Morgan fingerprint density at radius 1 is 1.57 bits per heavy atom. The van der Waals surface area contributed by atoms with Gasteiger partial charge in [-0.1, -0.05) is 0 Å². The summed E-state index contributed by atoms with van der Waals surface area (Å²) in [6.07, 6.45) is -1.01. The van der Waals surface area contributed by atoms with E-state index in [0.29, 0.717) is 22.9 Å². The molecule has 5 nitrogen and oxygen atoms in total. The molecule has 2 rings (SSSR count). The first-order valence-corrected chi connectivity index (χ1v) is 7.02. The Morgan fingerprint density at radius 3 is 2.90 bits per heavy atom. The van der Waals surface area contributed by atoms with Crippen LogP contribution < -0.4 is 4.90 Å². The van der Waals surface area contributed by atoms with Crippen molar-refractivity contribution in [2.45, 2.75) is 11.0 Å². The third kappa shape index (κ3) is 4.82. The third-order valence-corrected chi connectivity index (χ3v) is 3.82. The van der Waals surface area contributed by atoms with Gasteiger partial charge >= 0.3 is 6.09 Å². The monoisotopic (exact) mass is 521 g/mol. The molecule has 8 heteroatoms. The molecule has 1 amide bonds. The summed E-state index contributed by atoms with van der Waals surface area (Å²) < 4.78 is 18.9. The maximum Gasteiger partial charge on any atom is 0.414 e. The van der Waals surface area contributed by atoms with Crippen LogP contribution in [0.15, 0.2) is 23.1 Å². The number of carbonyl (C=O) groups is 1. The molecule has 0 saturated carbocycles. The van der Waals surface area contributed by atoms with E-state index < -0.39 is 18.0 Å². The van der Waals surface area contributed by atoms with Gasteiger partial charge in [-0.2, -0.15) is 0 Å². The number of rotatable bonds is 5. The molecule has 1 atom stereocenters. The van der Waals surface area contributed by atoms with Crippen LogP contribution in [0.25, 0.3) is 10.6 Å². The Kier molecular flexibility index (Phi) is 7.97. The SMILES string of the molecule is [Ac].[C-]#[N+]CCSc1ccc(N2C[C@H](C[NH-])OC2=O)cc1F. The molecule has 0 unspecified atom stereocenters. The molecule has 1 N–H and O–H groups in total. The summed E-state index contributed by atoms with van der Waals surface area (Å²) >= 11 is 1.28. The third-order valence-electron chi connectivity index (χ3n) is 2.79. The van der Waals surface area contributed by atoms with Crippen LogP contribution in [-0.2, 0) is 4.74 Å². The Labute approximate surface area is 162 Å². The molecule has 1 heterocycles. The van der Waals surface area contributed by atoms with Crippen molar-refractivity contribution in [1.82, 2.24) is 0 Å². The van der Waals surface area contributed by atoms with Gasteiger partial charge in [-0.15, -0.1) is 18.3 Å². The number of hydrogen-bond donors (Lipinski definition) is 0. The van der Waals surface area contributed by atoms with Crippen LogP contribution in [0.4, 0.5) is 14.9 Å². The van der Waals surface area contributed by atoms with Gasteiger partial charge in [0.1, 0.15) is 11.9 Å². The molecule has 0 bridgehead atoms. The van der Waals surface area contributed by atoms with Crippen LogP contribution in [-0.4, -0.2) is 37.6 Å². The fourth-order valence-corrected chi connectivity index (χ4v) is 2.58. The number of cyclic esters (lactones) is 1. The standard InChI is InChI=1S/C13H13FN3O2S.Ac/c1-16-4-5-20-12-3-2-9(6-11(12)14)17-8-10(7-15)19-13(17)18;/h2-3,6,10,15H,4-5,7-8H2;/q-1;/t10-;/m0./s1. The van der Waals surface area contributed by atoms with Crippen molar-refractivity contribution in [2.24, 2.45) is 0 Å². The van der Waals surface area contributed by atoms with Crippen molar-refractivity contribution in [3.63, 3.8) is 0 Å². The molecule has 1 aromatic carbocycles. The minimum atomic E-state index is -0.546. The van der Waals surface area contributed by atoms with Crippen molar-refractivity contribution >= 4 is 23.5 Å². The first-order chi connectivity index (χ1) is 9.65. The minimum absolute atomic E-state index is 0. The molecule has 1 fully saturated rings. The quantitative estimate of drug-likeness (QED) is 0.340. The van der Waals surface area contributed by atoms with Gasteiger partial charge in [0.25, 0.3) is 0 Å². The number of ether oxygens (including phenoxy) is 1. The Morgan fingerprint density at radius 2 is 2.33 bits per heavy atom. The maximum atomic E-state index is 13.9. The van der Waals surface area contributed by atoms with Gasteiger partial charge in [0.05, 0.1) is 18.0 Å². The second-order valence-corrected chi connectivity index (χ2v) is 5.30. The van der Waals surface area contributed by atoms with Crippen molar-refractivity contribution in [1.29, 1.82) is 0 Å². The maximum absolute atomic E-state index is 13.9. The molecule has 1 aliphatic rings. The zero-order valence-corrected chi connectivity index (χ0v) is 16.8. The number of benzene rings is 1. The molecule has 0 spiro atoms. The van der Waals surface area contributed by atoms with Crippen LogP contribution in [0.5, 0.6) is 0 Å². The van der Waals surface area contributed by atoms with Gasteiger partial charge in [0.15, 0.2) is 0 Å². The predicted molar refractivity (Wildman–Crippen MR) is 75.4 cm³/mol. The van der Waals surface area contributed by atoms with E-state index in [1.54, 1.807) is 12.1 Å². The zero-order chi connectivity index (χ0) is 14.5. The summed E-state index contributed by atoms with van der Waals surface area (Å²) in [4.78, 5) is 16.6. The Hall–Kier alpha value is -0.338. The van der Waals surface area contributed by atoms with Crippen LogP contribution in [0.2, 0.25) is 0 Å². The molecule has 1 saturated heterocycles. The number of amides is 1. The second-order valence-electron chi connectivity index (χ2n) is 4.17. The van der Waals surface area contributed by atoms with E-state index in [9.17, 15) is 9.18 Å². The Bertz CT molecular complexity index is 553. The summed E-state index contributed by atoms with van der Waals surface area (Å²) in [6.45, 7) is 7.28. The van der Waals surface area contributed by atoms with Crippen LogP contribution in [0.1, 0.15) is 0 Å². The van der Waals surface area contributed by atoms with E-state index in [2.05, 4.69) is 4.85 Å². The predicted octanol–water partition coefficient (Wildman–Crippen LogP) is 3.21. The average molecular weight is 521 g/mol. The van der Waals surface area contributed by atoms with Gasteiger partial charge in [0.2, 0.25) is 6.54 Å². The van der Waals surface area contributed by atoms with Crippen LogP contribution >= 0.6 is 11.8 Å². The number of halogens is 1. The molecule has 1 aliphatic heterocycles. The Balaban J connectivity index is 0.00000220. The van der Waals surface area contributed by atoms with E-state index in [1.165, 1.54) is 22.7 Å². The van der Waals surface area contributed by atoms with Crippen molar-refractivity contribution < 1.29 is 58.0 Å². The summed E-state index contributed by atoms with van der Waals surface area (Å²) in [5.41, 5.74) is 7.64. The zero-order valence-electron chi connectivity index (χ0n) is 11.2. The van der Waals surface area contributed by atoms with E-state index >= 15 is 0 Å². The summed E-state index contributed by atoms with van der Waals surface area (Å²) in [5, 5.41) is 0. The molecule has 0 aliphatic carbocycles. The van der Waals surface area contributed by atoms with E-state index in [-0.39, 0.29) is 57.2 Å². The number of anilines is 1. The number of nitrogens with zero attached hydrogens (tertiary/aromatic N) is 2. The van der Waals surface area contributed by atoms with E-state index in [1.807, 2.05) is 0 Å². The minimum Gasteiger partial charge on any atom is -0.674 e. The smallest absolute Gasteiger partial charge is 0.414 e. The van der Waals surface area contributed by atoms with Crippen molar-refractivity contribution in [3.05, 3.63) is 41.2 Å². The van der Waals surface area contributed by atoms with E-state index in [0.717, 1.165) is 0 Å². The molecule has 109 valence electrons. The van der Waals surface area contributed by atoms with Gasteiger partial charge < -0.3 is 15.3 Å². The topological polar surface area (TPSA) is 57.7 Å².